The van der Waals surface area contributed by atoms with Gasteiger partial charge in [0, 0.05) is 31.8 Å². The number of halogens is 1. The third-order valence-corrected chi connectivity index (χ3v) is 5.02. The van der Waals surface area contributed by atoms with Crippen LogP contribution >= 0.6 is 0 Å². The summed E-state index contributed by atoms with van der Waals surface area (Å²) in [7, 11) is 1.54. The zero-order valence-corrected chi connectivity index (χ0v) is 18.5. The average molecular weight is 439 g/mol. The first kappa shape index (κ1) is 23.1. The fourth-order valence-corrected chi connectivity index (χ4v) is 3.20. The SMILES string of the molecule is CCC(=O)N(CCOC)CC(=O)Nc1nc(-c2ccccc2)cn1-c1ccc(C)c(F)c1. The lowest BCUT2D eigenvalue weighted by Gasteiger charge is -2.21. The molecule has 0 aliphatic rings. The Morgan fingerprint density at radius 2 is 1.94 bits per heavy atom. The van der Waals surface area contributed by atoms with E-state index in [1.165, 1.54) is 18.1 Å². The Morgan fingerprint density at radius 1 is 1.19 bits per heavy atom. The summed E-state index contributed by atoms with van der Waals surface area (Å²) in [6, 6.07) is 14.3. The molecule has 168 valence electrons. The van der Waals surface area contributed by atoms with E-state index in [1.807, 2.05) is 30.3 Å². The van der Waals surface area contributed by atoms with Crippen molar-refractivity contribution in [1.29, 1.82) is 0 Å². The first-order chi connectivity index (χ1) is 15.4. The number of rotatable bonds is 9. The van der Waals surface area contributed by atoms with Crippen LogP contribution in [0, 0.1) is 12.7 Å². The second kappa shape index (κ2) is 10.7. The minimum Gasteiger partial charge on any atom is -0.383 e. The number of ether oxygens (including phenoxy) is 1. The Labute approximate surface area is 186 Å². The highest BCUT2D eigenvalue weighted by atomic mass is 19.1. The number of amides is 2. The van der Waals surface area contributed by atoms with Crippen LogP contribution in [0.1, 0.15) is 18.9 Å². The Hall–Kier alpha value is -3.52. The van der Waals surface area contributed by atoms with Gasteiger partial charge < -0.3 is 9.64 Å². The van der Waals surface area contributed by atoms with E-state index in [0.29, 0.717) is 30.1 Å². The molecular formula is C24H27FN4O3. The van der Waals surface area contributed by atoms with Crippen LogP contribution in [0.3, 0.4) is 0 Å². The zero-order chi connectivity index (χ0) is 23.1. The summed E-state index contributed by atoms with van der Waals surface area (Å²) in [5.41, 5.74) is 2.54. The molecule has 1 N–H and O–H groups in total. The van der Waals surface area contributed by atoms with Crippen LogP contribution in [0.25, 0.3) is 16.9 Å². The quantitative estimate of drug-likeness (QED) is 0.551. The standard InChI is InChI=1S/C24H27FN4O3/c1-4-23(31)28(12-13-32-3)16-22(30)27-24-26-21(18-8-6-5-7-9-18)15-29(24)19-11-10-17(2)20(25)14-19/h5-11,14-15H,4,12-13,16H2,1-3H3,(H,26,27,30). The van der Waals surface area contributed by atoms with E-state index in [2.05, 4.69) is 10.3 Å². The van der Waals surface area contributed by atoms with Crippen molar-refractivity contribution in [2.75, 3.05) is 32.1 Å². The molecule has 2 aromatic carbocycles. The van der Waals surface area contributed by atoms with Crippen molar-refractivity contribution in [3.8, 4) is 16.9 Å². The fraction of sp³-hybridized carbons (Fsp3) is 0.292. The molecule has 1 heterocycles. The lowest BCUT2D eigenvalue weighted by Crippen LogP contribution is -2.39. The van der Waals surface area contributed by atoms with Gasteiger partial charge in [-0.25, -0.2) is 9.37 Å². The number of hydrogen-bond acceptors (Lipinski definition) is 4. The van der Waals surface area contributed by atoms with Gasteiger partial charge in [-0.15, -0.1) is 0 Å². The van der Waals surface area contributed by atoms with E-state index in [9.17, 15) is 14.0 Å². The minimum atomic E-state index is -0.401. The summed E-state index contributed by atoms with van der Waals surface area (Å²) in [5.74, 6) is -0.658. The summed E-state index contributed by atoms with van der Waals surface area (Å²) in [6.45, 7) is 3.93. The van der Waals surface area contributed by atoms with Gasteiger partial charge in [-0.05, 0) is 24.6 Å². The minimum absolute atomic E-state index is 0.133. The number of imidazole rings is 1. The second-order valence-electron chi connectivity index (χ2n) is 7.33. The molecule has 0 aliphatic heterocycles. The highest BCUT2D eigenvalue weighted by molar-refractivity contribution is 5.93. The van der Waals surface area contributed by atoms with Crippen molar-refractivity contribution in [2.24, 2.45) is 0 Å². The third-order valence-electron chi connectivity index (χ3n) is 5.02. The lowest BCUT2D eigenvalue weighted by atomic mass is 10.2. The first-order valence-electron chi connectivity index (χ1n) is 10.4. The molecule has 0 bridgehead atoms. The second-order valence-corrected chi connectivity index (χ2v) is 7.33. The smallest absolute Gasteiger partial charge is 0.246 e. The number of hydrogen-bond donors (Lipinski definition) is 1. The van der Waals surface area contributed by atoms with Crippen LogP contribution in [-0.4, -0.2) is 53.1 Å². The number of carbonyl (C=O) groups is 2. The Balaban J connectivity index is 1.91. The molecule has 1 aromatic heterocycles. The van der Waals surface area contributed by atoms with E-state index >= 15 is 0 Å². The number of aromatic nitrogens is 2. The maximum Gasteiger partial charge on any atom is 0.246 e. The number of aryl methyl sites for hydroxylation is 1. The number of benzene rings is 2. The van der Waals surface area contributed by atoms with Crippen LogP contribution in [0.4, 0.5) is 10.3 Å². The predicted molar refractivity (Wildman–Crippen MR) is 121 cm³/mol. The van der Waals surface area contributed by atoms with E-state index in [4.69, 9.17) is 4.74 Å². The summed E-state index contributed by atoms with van der Waals surface area (Å²) >= 11 is 0. The first-order valence-corrected chi connectivity index (χ1v) is 10.4. The van der Waals surface area contributed by atoms with Gasteiger partial charge in [0.1, 0.15) is 12.4 Å². The molecule has 2 amide bonds. The van der Waals surface area contributed by atoms with Gasteiger partial charge >= 0.3 is 0 Å². The molecule has 3 aromatic rings. The molecule has 0 unspecified atom stereocenters. The molecule has 3 rings (SSSR count). The summed E-state index contributed by atoms with van der Waals surface area (Å²) in [5, 5.41) is 2.77. The largest absolute Gasteiger partial charge is 0.383 e. The van der Waals surface area contributed by atoms with E-state index in [1.54, 1.807) is 36.7 Å². The van der Waals surface area contributed by atoms with Crippen LogP contribution in [-0.2, 0) is 14.3 Å². The number of carbonyl (C=O) groups excluding carboxylic acids is 2. The molecule has 32 heavy (non-hydrogen) atoms. The third kappa shape index (κ3) is 5.59. The van der Waals surface area contributed by atoms with Crippen LogP contribution < -0.4 is 5.32 Å². The summed E-state index contributed by atoms with van der Waals surface area (Å²) < 4.78 is 20.9. The number of methoxy groups -OCH3 is 1. The summed E-state index contributed by atoms with van der Waals surface area (Å²) in [4.78, 5) is 31.0. The van der Waals surface area contributed by atoms with E-state index in [-0.39, 0.29) is 30.6 Å². The van der Waals surface area contributed by atoms with E-state index in [0.717, 1.165) is 5.56 Å². The summed E-state index contributed by atoms with van der Waals surface area (Å²) in [6.07, 6.45) is 2.03. The Morgan fingerprint density at radius 3 is 2.59 bits per heavy atom. The van der Waals surface area contributed by atoms with Gasteiger partial charge in [0.05, 0.1) is 18.0 Å². The van der Waals surface area contributed by atoms with Gasteiger partial charge in [0.25, 0.3) is 0 Å². The molecule has 0 spiro atoms. The van der Waals surface area contributed by atoms with Crippen LogP contribution in [0.5, 0.6) is 0 Å². The Bertz CT molecular complexity index is 1080. The molecular weight excluding hydrogens is 411 g/mol. The molecule has 0 atom stereocenters. The van der Waals surface area contributed by atoms with Crippen LogP contribution in [0.2, 0.25) is 0 Å². The van der Waals surface area contributed by atoms with Crippen LogP contribution in [0.15, 0.2) is 54.7 Å². The maximum atomic E-state index is 14.2. The molecule has 7 nitrogen and oxygen atoms in total. The molecule has 0 radical (unpaired) electrons. The molecule has 0 saturated carbocycles. The lowest BCUT2D eigenvalue weighted by molar-refractivity contribution is -0.135. The van der Waals surface area contributed by atoms with Gasteiger partial charge in [0.15, 0.2) is 0 Å². The van der Waals surface area contributed by atoms with Crippen molar-refractivity contribution in [3.05, 3.63) is 66.1 Å². The van der Waals surface area contributed by atoms with Gasteiger partial charge in [0.2, 0.25) is 17.8 Å². The van der Waals surface area contributed by atoms with Crippen molar-refractivity contribution < 1.29 is 18.7 Å². The number of anilines is 1. The fourth-order valence-electron chi connectivity index (χ4n) is 3.20. The predicted octanol–water partition coefficient (Wildman–Crippen LogP) is 3.81. The molecule has 0 saturated heterocycles. The van der Waals surface area contributed by atoms with E-state index < -0.39 is 5.91 Å². The number of nitrogens with zero attached hydrogens (tertiary/aromatic N) is 3. The molecule has 8 heteroatoms. The molecule has 0 fully saturated rings. The average Bonchev–Trinajstić information content (AvgIpc) is 3.22. The highest BCUT2D eigenvalue weighted by Gasteiger charge is 2.19. The number of nitrogens with one attached hydrogen (secondary N) is 1. The van der Waals surface area contributed by atoms with Crippen molar-refractivity contribution in [2.45, 2.75) is 20.3 Å². The monoisotopic (exact) mass is 438 g/mol. The Kier molecular flexibility index (Phi) is 7.72. The van der Waals surface area contributed by atoms with Gasteiger partial charge in [-0.3, -0.25) is 19.5 Å². The van der Waals surface area contributed by atoms with Crippen molar-refractivity contribution in [3.63, 3.8) is 0 Å². The van der Waals surface area contributed by atoms with Crippen molar-refractivity contribution in [1.82, 2.24) is 14.5 Å². The van der Waals surface area contributed by atoms with Gasteiger partial charge in [-0.1, -0.05) is 43.3 Å². The topological polar surface area (TPSA) is 76.5 Å². The van der Waals surface area contributed by atoms with Gasteiger partial charge in [-0.2, -0.15) is 0 Å². The normalized spacial score (nSPS) is 10.8. The highest BCUT2D eigenvalue weighted by Crippen LogP contribution is 2.25. The molecule has 0 aliphatic carbocycles. The zero-order valence-electron chi connectivity index (χ0n) is 18.5. The van der Waals surface area contributed by atoms with Crippen molar-refractivity contribution >= 4 is 17.8 Å². The maximum absolute atomic E-state index is 14.2.